The van der Waals surface area contributed by atoms with Crippen molar-refractivity contribution in [3.8, 4) is 11.5 Å². The van der Waals surface area contributed by atoms with Crippen molar-refractivity contribution in [2.45, 2.75) is 32.2 Å². The lowest BCUT2D eigenvalue weighted by Crippen LogP contribution is -2.38. The first-order chi connectivity index (χ1) is 13.3. The number of rotatable bonds is 7. The van der Waals surface area contributed by atoms with E-state index in [0.717, 1.165) is 63.4 Å². The predicted octanol–water partition coefficient (Wildman–Crippen LogP) is 4.22. The van der Waals surface area contributed by atoms with Gasteiger partial charge in [0.1, 0.15) is 11.5 Å². The van der Waals surface area contributed by atoms with Gasteiger partial charge >= 0.3 is 0 Å². The number of amides is 1. The van der Waals surface area contributed by atoms with Gasteiger partial charge in [-0.15, -0.1) is 0 Å². The molecule has 2 aromatic rings. The monoisotopic (exact) mass is 364 g/mol. The average Bonchev–Trinajstić information content (AvgIpc) is 3.54. The molecule has 0 atom stereocenters. The molecule has 1 saturated heterocycles. The van der Waals surface area contributed by atoms with E-state index < -0.39 is 0 Å². The minimum Gasteiger partial charge on any atom is -0.457 e. The highest BCUT2D eigenvalue weighted by atomic mass is 16.5. The number of hydrogen-bond acceptors (Lipinski definition) is 3. The van der Waals surface area contributed by atoms with Crippen molar-refractivity contribution in [3.63, 3.8) is 0 Å². The fourth-order valence-corrected chi connectivity index (χ4v) is 3.67. The van der Waals surface area contributed by atoms with Crippen molar-refractivity contribution in [3.05, 3.63) is 60.2 Å². The summed E-state index contributed by atoms with van der Waals surface area (Å²) in [6, 6.07) is 18.3. The topological polar surface area (TPSA) is 41.6 Å². The molecule has 2 aromatic carbocycles. The summed E-state index contributed by atoms with van der Waals surface area (Å²) in [6.07, 6.45) is 4.48. The first kappa shape index (κ1) is 18.1. The molecule has 1 N–H and O–H groups in total. The summed E-state index contributed by atoms with van der Waals surface area (Å²) < 4.78 is 5.95. The van der Waals surface area contributed by atoms with Crippen LogP contribution in [-0.4, -0.2) is 30.4 Å². The van der Waals surface area contributed by atoms with E-state index in [-0.39, 0.29) is 5.91 Å². The Morgan fingerprint density at radius 1 is 0.963 bits per heavy atom. The average molecular weight is 364 g/mol. The molecule has 1 aliphatic carbocycles. The molecule has 1 heterocycles. The van der Waals surface area contributed by atoms with Gasteiger partial charge in [-0.2, -0.15) is 0 Å². The Hall–Kier alpha value is -2.33. The third-order valence-electron chi connectivity index (χ3n) is 5.50. The summed E-state index contributed by atoms with van der Waals surface area (Å²) in [7, 11) is 0. The fourth-order valence-electron chi connectivity index (χ4n) is 3.67. The molecule has 1 saturated carbocycles. The van der Waals surface area contributed by atoms with Crippen molar-refractivity contribution < 1.29 is 9.53 Å². The molecule has 142 valence electrons. The maximum Gasteiger partial charge on any atom is 0.223 e. The molecule has 4 nitrogen and oxygen atoms in total. The smallest absolute Gasteiger partial charge is 0.223 e. The number of para-hydroxylation sites is 1. The number of carbonyl (C=O) groups excluding carboxylic acids is 1. The van der Waals surface area contributed by atoms with E-state index in [1.54, 1.807) is 0 Å². The van der Waals surface area contributed by atoms with Gasteiger partial charge in [0, 0.05) is 19.0 Å². The Morgan fingerprint density at radius 2 is 1.70 bits per heavy atom. The molecule has 2 aliphatic rings. The van der Waals surface area contributed by atoms with Crippen LogP contribution >= 0.6 is 0 Å². The van der Waals surface area contributed by atoms with Gasteiger partial charge in [-0.1, -0.05) is 30.3 Å². The van der Waals surface area contributed by atoms with Crippen molar-refractivity contribution in [1.82, 2.24) is 10.2 Å². The second-order valence-electron chi connectivity index (χ2n) is 7.80. The zero-order chi connectivity index (χ0) is 18.5. The summed E-state index contributed by atoms with van der Waals surface area (Å²) in [6.45, 7) is 3.98. The highest BCUT2D eigenvalue weighted by Gasteiger charge is 2.30. The van der Waals surface area contributed by atoms with Crippen LogP contribution in [-0.2, 0) is 11.3 Å². The number of benzene rings is 2. The van der Waals surface area contributed by atoms with Crippen LogP contribution < -0.4 is 10.1 Å². The van der Waals surface area contributed by atoms with Crippen molar-refractivity contribution in [1.29, 1.82) is 0 Å². The first-order valence-electron chi connectivity index (χ1n) is 10.1. The first-order valence-corrected chi connectivity index (χ1v) is 10.1. The van der Waals surface area contributed by atoms with Crippen LogP contribution in [0.15, 0.2) is 54.6 Å². The summed E-state index contributed by atoms with van der Waals surface area (Å²) in [4.78, 5) is 14.3. The lowest BCUT2D eigenvalue weighted by Gasteiger charge is -2.32. The molecule has 0 bridgehead atoms. The minimum atomic E-state index is 0.271. The second-order valence-corrected chi connectivity index (χ2v) is 7.80. The number of ether oxygens (including phenoxy) is 1. The highest BCUT2D eigenvalue weighted by molar-refractivity contribution is 5.80. The summed E-state index contributed by atoms with van der Waals surface area (Å²) in [5, 5.41) is 3.14. The Bertz CT molecular complexity index is 750. The molecular formula is C23H28N2O2. The van der Waals surface area contributed by atoms with Gasteiger partial charge in [0.25, 0.3) is 0 Å². The molecular weight excluding hydrogens is 336 g/mol. The molecule has 0 unspecified atom stereocenters. The molecule has 2 fully saturated rings. The molecule has 1 amide bonds. The summed E-state index contributed by atoms with van der Waals surface area (Å²) in [5.74, 6) is 2.96. The molecule has 1 aliphatic heterocycles. The number of nitrogens with one attached hydrogen (secondary N) is 1. The van der Waals surface area contributed by atoms with Crippen LogP contribution in [0.2, 0.25) is 0 Å². The van der Waals surface area contributed by atoms with E-state index in [2.05, 4.69) is 28.4 Å². The molecule has 4 rings (SSSR count). The lowest BCUT2D eigenvalue weighted by molar-refractivity contribution is -0.122. The largest absolute Gasteiger partial charge is 0.457 e. The van der Waals surface area contributed by atoms with Gasteiger partial charge in [0.15, 0.2) is 0 Å². The Morgan fingerprint density at radius 3 is 2.44 bits per heavy atom. The molecule has 0 spiro atoms. The Balaban J connectivity index is 1.24. The van der Waals surface area contributed by atoms with Gasteiger partial charge < -0.3 is 10.1 Å². The Kier molecular flexibility index (Phi) is 5.73. The van der Waals surface area contributed by atoms with Crippen LogP contribution in [0.3, 0.4) is 0 Å². The highest BCUT2D eigenvalue weighted by Crippen LogP contribution is 2.29. The molecule has 27 heavy (non-hydrogen) atoms. The van der Waals surface area contributed by atoms with E-state index in [4.69, 9.17) is 4.74 Å². The van der Waals surface area contributed by atoms with Gasteiger partial charge in [0.2, 0.25) is 5.91 Å². The van der Waals surface area contributed by atoms with Crippen LogP contribution in [0.4, 0.5) is 0 Å². The number of piperidine rings is 1. The number of carbonyl (C=O) groups is 1. The van der Waals surface area contributed by atoms with Crippen molar-refractivity contribution >= 4 is 5.91 Å². The van der Waals surface area contributed by atoms with Crippen molar-refractivity contribution in [2.24, 2.45) is 11.8 Å². The summed E-state index contributed by atoms with van der Waals surface area (Å²) >= 11 is 0. The number of nitrogens with zero attached hydrogens (tertiary/aromatic N) is 1. The van der Waals surface area contributed by atoms with Crippen molar-refractivity contribution in [2.75, 3.05) is 19.6 Å². The standard InChI is InChI=1S/C23H28N2O2/c26-23(20-9-10-20)24-16-18-11-13-25(14-12-18)17-19-5-4-8-22(15-19)27-21-6-2-1-3-7-21/h1-8,15,18,20H,9-14,16-17H2,(H,24,26). The van der Waals surface area contributed by atoms with E-state index in [9.17, 15) is 4.79 Å². The van der Waals surface area contributed by atoms with Gasteiger partial charge in [-0.25, -0.2) is 0 Å². The minimum absolute atomic E-state index is 0.271. The van der Waals surface area contributed by atoms with Gasteiger partial charge in [0.05, 0.1) is 0 Å². The quantitative estimate of drug-likeness (QED) is 0.800. The molecule has 0 aromatic heterocycles. The van der Waals surface area contributed by atoms with Gasteiger partial charge in [-0.3, -0.25) is 9.69 Å². The fraction of sp³-hybridized carbons (Fsp3) is 0.435. The number of hydrogen-bond donors (Lipinski definition) is 1. The predicted molar refractivity (Wildman–Crippen MR) is 107 cm³/mol. The second kappa shape index (κ2) is 8.57. The zero-order valence-electron chi connectivity index (χ0n) is 15.8. The van der Waals surface area contributed by atoms with E-state index in [1.807, 2.05) is 36.4 Å². The zero-order valence-corrected chi connectivity index (χ0v) is 15.8. The molecule has 4 heteroatoms. The van der Waals surface area contributed by atoms with E-state index in [1.165, 1.54) is 5.56 Å². The van der Waals surface area contributed by atoms with Crippen LogP contribution in [0.5, 0.6) is 11.5 Å². The maximum absolute atomic E-state index is 11.8. The lowest BCUT2D eigenvalue weighted by atomic mass is 9.96. The van der Waals surface area contributed by atoms with Crippen LogP contribution in [0.25, 0.3) is 0 Å². The van der Waals surface area contributed by atoms with E-state index >= 15 is 0 Å². The van der Waals surface area contributed by atoms with Crippen LogP contribution in [0.1, 0.15) is 31.2 Å². The third kappa shape index (κ3) is 5.33. The van der Waals surface area contributed by atoms with Crippen LogP contribution in [0, 0.1) is 11.8 Å². The normalized spacial score (nSPS) is 18.2. The third-order valence-corrected chi connectivity index (χ3v) is 5.50. The number of likely N-dealkylation sites (tertiary alicyclic amines) is 1. The van der Waals surface area contributed by atoms with Gasteiger partial charge in [-0.05, 0) is 74.5 Å². The summed E-state index contributed by atoms with van der Waals surface area (Å²) in [5.41, 5.74) is 1.28. The Labute approximate surface area is 161 Å². The maximum atomic E-state index is 11.8. The molecule has 0 radical (unpaired) electrons. The SMILES string of the molecule is O=C(NCC1CCN(Cc2cccc(Oc3ccccc3)c2)CC1)C1CC1. The van der Waals surface area contributed by atoms with E-state index in [0.29, 0.717) is 11.8 Å².